The van der Waals surface area contributed by atoms with Crippen molar-refractivity contribution in [2.45, 2.75) is 38.8 Å². The summed E-state index contributed by atoms with van der Waals surface area (Å²) in [5, 5.41) is 0. The molecule has 0 amide bonds. The van der Waals surface area contributed by atoms with Gasteiger partial charge in [-0.15, -0.1) is 0 Å². The molecule has 0 aliphatic rings. The lowest BCUT2D eigenvalue weighted by molar-refractivity contribution is -0.137. The third-order valence-corrected chi connectivity index (χ3v) is 2.54. The second-order valence-electron chi connectivity index (χ2n) is 3.96. The van der Waals surface area contributed by atoms with Crippen LogP contribution in [-0.4, -0.2) is 5.78 Å². The highest BCUT2D eigenvalue weighted by Gasteiger charge is 2.30. The molecule has 0 aromatic heterocycles. The van der Waals surface area contributed by atoms with Crippen molar-refractivity contribution in [1.82, 2.24) is 0 Å². The molecule has 1 aromatic carbocycles. The number of unbranched alkanes of at least 4 members (excludes halogenated alkanes) is 2. The summed E-state index contributed by atoms with van der Waals surface area (Å²) in [6, 6.07) is 4.40. The van der Waals surface area contributed by atoms with Crippen LogP contribution in [0.2, 0.25) is 0 Å². The number of benzene rings is 1. The van der Waals surface area contributed by atoms with Gasteiger partial charge < -0.3 is 0 Å². The normalized spacial score (nSPS) is 11.5. The molecule has 1 aromatic rings. The van der Waals surface area contributed by atoms with Crippen LogP contribution in [0.5, 0.6) is 0 Å². The highest BCUT2D eigenvalue weighted by molar-refractivity contribution is 5.96. The molecule has 0 saturated heterocycles. The predicted molar refractivity (Wildman–Crippen MR) is 59.9 cm³/mol. The molecule has 4 heteroatoms. The van der Waals surface area contributed by atoms with E-state index in [1.807, 2.05) is 6.92 Å². The average Bonchev–Trinajstić information content (AvgIpc) is 2.28. The molecule has 0 fully saturated rings. The van der Waals surface area contributed by atoms with Crippen molar-refractivity contribution in [2.75, 3.05) is 0 Å². The summed E-state index contributed by atoms with van der Waals surface area (Å²) in [5.41, 5.74) is -0.364. The van der Waals surface area contributed by atoms with Crippen molar-refractivity contribution in [3.63, 3.8) is 0 Å². The standard InChI is InChI=1S/C13H15F3O/c1-2-3-4-5-12(17)10-6-8-11(9-7-10)13(14,15)16/h6-9H,2-5H2,1H3. The molecule has 0 aliphatic heterocycles. The molecule has 0 radical (unpaired) electrons. The van der Waals surface area contributed by atoms with E-state index in [1.165, 1.54) is 12.1 Å². The SMILES string of the molecule is CCCCCC(=O)c1ccc(C(F)(F)F)cc1. The van der Waals surface area contributed by atoms with Crippen molar-refractivity contribution in [1.29, 1.82) is 0 Å². The van der Waals surface area contributed by atoms with Crippen LogP contribution < -0.4 is 0 Å². The van der Waals surface area contributed by atoms with Gasteiger partial charge in [0.1, 0.15) is 0 Å². The quantitative estimate of drug-likeness (QED) is 0.551. The smallest absolute Gasteiger partial charge is 0.294 e. The molecule has 0 bridgehead atoms. The summed E-state index contributed by atoms with van der Waals surface area (Å²) < 4.78 is 36.9. The lowest BCUT2D eigenvalue weighted by Gasteiger charge is -2.07. The van der Waals surface area contributed by atoms with E-state index in [1.54, 1.807) is 0 Å². The third-order valence-electron chi connectivity index (χ3n) is 2.54. The Balaban J connectivity index is 2.64. The number of carbonyl (C=O) groups is 1. The summed E-state index contributed by atoms with van der Waals surface area (Å²) in [6.45, 7) is 2.03. The van der Waals surface area contributed by atoms with Gasteiger partial charge in [0.2, 0.25) is 0 Å². The molecular formula is C13H15F3O. The fraction of sp³-hybridized carbons (Fsp3) is 0.462. The Hall–Kier alpha value is -1.32. The largest absolute Gasteiger partial charge is 0.416 e. The van der Waals surface area contributed by atoms with Crippen LogP contribution in [-0.2, 0) is 6.18 Å². The van der Waals surface area contributed by atoms with Crippen molar-refractivity contribution < 1.29 is 18.0 Å². The summed E-state index contributed by atoms with van der Waals surface area (Å²) in [6.07, 6.45) is -1.17. The number of carbonyl (C=O) groups excluding carboxylic acids is 1. The molecule has 0 heterocycles. The Morgan fingerprint density at radius 3 is 2.18 bits per heavy atom. The van der Waals surface area contributed by atoms with Crippen LogP contribution in [0, 0.1) is 0 Å². The van der Waals surface area contributed by atoms with Crippen molar-refractivity contribution in [2.24, 2.45) is 0 Å². The molecule has 1 nitrogen and oxygen atoms in total. The minimum atomic E-state index is -4.34. The number of rotatable bonds is 5. The van der Waals surface area contributed by atoms with Gasteiger partial charge in [0, 0.05) is 12.0 Å². The number of ketones is 1. The van der Waals surface area contributed by atoms with Gasteiger partial charge in [0.15, 0.2) is 5.78 Å². The molecule has 0 N–H and O–H groups in total. The Kier molecular flexibility index (Phi) is 4.73. The van der Waals surface area contributed by atoms with Gasteiger partial charge in [-0.25, -0.2) is 0 Å². The molecule has 17 heavy (non-hydrogen) atoms. The molecule has 0 aliphatic carbocycles. The minimum absolute atomic E-state index is 0.0906. The topological polar surface area (TPSA) is 17.1 Å². The van der Waals surface area contributed by atoms with Crippen LogP contribution >= 0.6 is 0 Å². The first kappa shape index (κ1) is 13.7. The Morgan fingerprint density at radius 2 is 1.71 bits per heavy atom. The third kappa shape index (κ3) is 4.21. The predicted octanol–water partition coefficient (Wildman–Crippen LogP) is 4.47. The van der Waals surface area contributed by atoms with E-state index in [2.05, 4.69) is 0 Å². The zero-order valence-corrected chi connectivity index (χ0v) is 9.68. The average molecular weight is 244 g/mol. The monoisotopic (exact) mass is 244 g/mol. The number of halogens is 3. The summed E-state index contributed by atoms with van der Waals surface area (Å²) in [4.78, 5) is 11.6. The molecule has 0 spiro atoms. The van der Waals surface area contributed by atoms with Crippen molar-refractivity contribution in [3.05, 3.63) is 35.4 Å². The lowest BCUT2D eigenvalue weighted by Crippen LogP contribution is -2.06. The second-order valence-corrected chi connectivity index (χ2v) is 3.96. The molecule has 0 atom stereocenters. The van der Waals surface area contributed by atoms with Gasteiger partial charge in [-0.2, -0.15) is 13.2 Å². The van der Waals surface area contributed by atoms with Crippen LogP contribution in [0.3, 0.4) is 0 Å². The van der Waals surface area contributed by atoms with Crippen molar-refractivity contribution in [3.8, 4) is 0 Å². The van der Waals surface area contributed by atoms with Gasteiger partial charge >= 0.3 is 6.18 Å². The van der Waals surface area contributed by atoms with Gasteiger partial charge in [0.25, 0.3) is 0 Å². The van der Waals surface area contributed by atoms with E-state index in [9.17, 15) is 18.0 Å². The van der Waals surface area contributed by atoms with Crippen LogP contribution in [0.15, 0.2) is 24.3 Å². The van der Waals surface area contributed by atoms with E-state index in [0.29, 0.717) is 12.0 Å². The van der Waals surface area contributed by atoms with Gasteiger partial charge in [-0.1, -0.05) is 31.9 Å². The first-order valence-electron chi connectivity index (χ1n) is 5.65. The maximum Gasteiger partial charge on any atom is 0.416 e. The maximum absolute atomic E-state index is 12.3. The van der Waals surface area contributed by atoms with Gasteiger partial charge in [-0.3, -0.25) is 4.79 Å². The van der Waals surface area contributed by atoms with E-state index < -0.39 is 11.7 Å². The van der Waals surface area contributed by atoms with E-state index >= 15 is 0 Å². The van der Waals surface area contributed by atoms with E-state index in [4.69, 9.17) is 0 Å². The number of hydrogen-bond acceptors (Lipinski definition) is 1. The van der Waals surface area contributed by atoms with E-state index in [-0.39, 0.29) is 5.78 Å². The van der Waals surface area contributed by atoms with Crippen LogP contribution in [0.25, 0.3) is 0 Å². The highest BCUT2D eigenvalue weighted by Crippen LogP contribution is 2.29. The number of Topliss-reactive ketones (excluding diaryl/α,β-unsaturated/α-hetero) is 1. The highest BCUT2D eigenvalue weighted by atomic mass is 19.4. The van der Waals surface area contributed by atoms with E-state index in [0.717, 1.165) is 31.4 Å². The van der Waals surface area contributed by atoms with Crippen LogP contribution in [0.4, 0.5) is 13.2 Å². The molecule has 0 unspecified atom stereocenters. The fourth-order valence-electron chi connectivity index (χ4n) is 1.52. The second kappa shape index (κ2) is 5.84. The summed E-state index contributed by atoms with van der Waals surface area (Å²) in [5.74, 6) is -0.0906. The van der Waals surface area contributed by atoms with Crippen molar-refractivity contribution >= 4 is 5.78 Å². The first-order chi connectivity index (χ1) is 7.95. The summed E-state index contributed by atoms with van der Waals surface area (Å²) >= 11 is 0. The molecule has 94 valence electrons. The van der Waals surface area contributed by atoms with Gasteiger partial charge in [-0.05, 0) is 18.6 Å². The number of hydrogen-bond donors (Lipinski definition) is 0. The van der Waals surface area contributed by atoms with Crippen LogP contribution in [0.1, 0.15) is 48.5 Å². The Bertz CT molecular complexity index is 365. The first-order valence-corrected chi connectivity index (χ1v) is 5.65. The Morgan fingerprint density at radius 1 is 1.12 bits per heavy atom. The molecule has 0 saturated carbocycles. The molecule has 1 rings (SSSR count). The summed E-state index contributed by atoms with van der Waals surface area (Å²) in [7, 11) is 0. The Labute approximate surface area is 98.6 Å². The lowest BCUT2D eigenvalue weighted by atomic mass is 10.0. The number of alkyl halides is 3. The van der Waals surface area contributed by atoms with Gasteiger partial charge in [0.05, 0.1) is 5.56 Å². The minimum Gasteiger partial charge on any atom is -0.294 e. The zero-order chi connectivity index (χ0) is 12.9. The maximum atomic E-state index is 12.3. The molecular weight excluding hydrogens is 229 g/mol. The fourth-order valence-corrected chi connectivity index (χ4v) is 1.52. The zero-order valence-electron chi connectivity index (χ0n) is 9.68.